The fourth-order valence-electron chi connectivity index (χ4n) is 2.71. The normalized spacial score (nSPS) is 21.4. The smallest absolute Gasteiger partial charge is 0.237 e. The minimum absolute atomic E-state index is 0.0483. The average Bonchev–Trinajstić information content (AvgIpc) is 2.47. The maximum Gasteiger partial charge on any atom is 0.237 e. The molecule has 1 heterocycles. The van der Waals surface area contributed by atoms with Crippen molar-refractivity contribution >= 4 is 5.91 Å². The monoisotopic (exact) mass is 275 g/mol. The third-order valence-electron chi connectivity index (χ3n) is 4.07. The molecule has 1 saturated heterocycles. The Morgan fingerprint density at radius 2 is 2.15 bits per heavy atom. The van der Waals surface area contributed by atoms with E-state index in [1.165, 1.54) is 12.8 Å². The highest BCUT2D eigenvalue weighted by Gasteiger charge is 2.21. The number of nitrogens with zero attached hydrogens (tertiary/aromatic N) is 1. The van der Waals surface area contributed by atoms with Crippen LogP contribution in [0.2, 0.25) is 0 Å². The second kappa shape index (κ2) is 7.41. The van der Waals surface area contributed by atoms with Crippen LogP contribution in [-0.4, -0.2) is 43.0 Å². The predicted molar refractivity (Wildman–Crippen MR) is 81.4 cm³/mol. The molecule has 0 saturated carbocycles. The summed E-state index contributed by atoms with van der Waals surface area (Å²) in [5.74, 6) is -0.0483. The highest BCUT2D eigenvalue weighted by Crippen LogP contribution is 2.14. The summed E-state index contributed by atoms with van der Waals surface area (Å²) in [5, 5.41) is 3.00. The maximum atomic E-state index is 12.0. The Kier molecular flexibility index (Phi) is 5.56. The van der Waals surface area contributed by atoms with E-state index in [0.717, 1.165) is 18.5 Å². The molecule has 1 fully saturated rings. The molecule has 3 N–H and O–H groups in total. The molecule has 2 atom stereocenters. The van der Waals surface area contributed by atoms with Gasteiger partial charge in [-0.2, -0.15) is 0 Å². The molecule has 1 amide bonds. The SMILES string of the molecule is CN1CCCCC1CNC(=O)[C@H](N)Cc1ccccc1. The largest absolute Gasteiger partial charge is 0.353 e. The number of rotatable bonds is 5. The number of carbonyl (C=O) groups excluding carboxylic acids is 1. The lowest BCUT2D eigenvalue weighted by atomic mass is 10.0. The molecule has 20 heavy (non-hydrogen) atoms. The summed E-state index contributed by atoms with van der Waals surface area (Å²) in [6.45, 7) is 1.83. The molecule has 4 heteroatoms. The standard InChI is InChI=1S/C16H25N3O/c1-19-10-6-5-9-14(19)12-18-16(20)15(17)11-13-7-3-2-4-8-13/h2-4,7-8,14-15H,5-6,9-12,17H2,1H3,(H,18,20)/t14?,15-/m1/s1. The Balaban J connectivity index is 1.76. The van der Waals surface area contributed by atoms with Crippen LogP contribution in [0.3, 0.4) is 0 Å². The van der Waals surface area contributed by atoms with Gasteiger partial charge >= 0.3 is 0 Å². The Labute approximate surface area is 121 Å². The van der Waals surface area contributed by atoms with Crippen LogP contribution in [0.25, 0.3) is 0 Å². The Hall–Kier alpha value is -1.39. The third kappa shape index (κ3) is 4.32. The van der Waals surface area contributed by atoms with Crippen LogP contribution in [-0.2, 0) is 11.2 Å². The molecule has 1 aromatic rings. The number of likely N-dealkylation sites (tertiary alicyclic amines) is 1. The summed E-state index contributed by atoms with van der Waals surface area (Å²) in [4.78, 5) is 14.4. The molecule has 2 rings (SSSR count). The first-order chi connectivity index (χ1) is 9.66. The van der Waals surface area contributed by atoms with Crippen LogP contribution in [0, 0.1) is 0 Å². The van der Waals surface area contributed by atoms with E-state index in [-0.39, 0.29) is 5.91 Å². The van der Waals surface area contributed by atoms with Crippen LogP contribution in [0.4, 0.5) is 0 Å². The number of hydrogen-bond acceptors (Lipinski definition) is 3. The van der Waals surface area contributed by atoms with Crippen molar-refractivity contribution in [3.63, 3.8) is 0 Å². The summed E-state index contributed by atoms with van der Waals surface area (Å²) in [7, 11) is 2.12. The van der Waals surface area contributed by atoms with Gasteiger partial charge in [-0.3, -0.25) is 4.79 Å². The molecule has 4 nitrogen and oxygen atoms in total. The lowest BCUT2D eigenvalue weighted by Crippen LogP contribution is -2.49. The van der Waals surface area contributed by atoms with Crippen molar-refractivity contribution in [3.8, 4) is 0 Å². The van der Waals surface area contributed by atoms with E-state index in [0.29, 0.717) is 19.0 Å². The quantitative estimate of drug-likeness (QED) is 0.848. The number of piperidine rings is 1. The molecule has 1 unspecified atom stereocenters. The molecule has 0 radical (unpaired) electrons. The van der Waals surface area contributed by atoms with Gasteiger partial charge in [0.15, 0.2) is 0 Å². The van der Waals surface area contributed by atoms with E-state index in [2.05, 4.69) is 17.3 Å². The Bertz CT molecular complexity index is 421. The minimum Gasteiger partial charge on any atom is -0.353 e. The van der Waals surface area contributed by atoms with Crippen molar-refractivity contribution in [2.45, 2.75) is 37.8 Å². The number of likely N-dealkylation sites (N-methyl/N-ethyl adjacent to an activating group) is 1. The number of amides is 1. The van der Waals surface area contributed by atoms with Crippen molar-refractivity contribution in [1.82, 2.24) is 10.2 Å². The summed E-state index contributed by atoms with van der Waals surface area (Å²) in [6.07, 6.45) is 4.26. The molecular weight excluding hydrogens is 250 g/mol. The summed E-state index contributed by atoms with van der Waals surface area (Å²) in [5.41, 5.74) is 7.08. The fraction of sp³-hybridized carbons (Fsp3) is 0.562. The predicted octanol–water partition coefficient (Wildman–Crippen LogP) is 1.16. The molecule has 0 spiro atoms. The van der Waals surface area contributed by atoms with Crippen LogP contribution < -0.4 is 11.1 Å². The van der Waals surface area contributed by atoms with E-state index in [9.17, 15) is 4.79 Å². The van der Waals surface area contributed by atoms with Crippen LogP contribution in [0.5, 0.6) is 0 Å². The zero-order valence-corrected chi connectivity index (χ0v) is 12.2. The topological polar surface area (TPSA) is 58.4 Å². The van der Waals surface area contributed by atoms with Gasteiger partial charge in [0.1, 0.15) is 0 Å². The van der Waals surface area contributed by atoms with Gasteiger partial charge in [0, 0.05) is 12.6 Å². The van der Waals surface area contributed by atoms with Gasteiger partial charge in [-0.25, -0.2) is 0 Å². The molecule has 1 aliphatic heterocycles. The number of carbonyl (C=O) groups is 1. The van der Waals surface area contributed by atoms with Crippen molar-refractivity contribution < 1.29 is 4.79 Å². The molecule has 0 bridgehead atoms. The highest BCUT2D eigenvalue weighted by molar-refractivity contribution is 5.81. The van der Waals surface area contributed by atoms with Crippen molar-refractivity contribution in [3.05, 3.63) is 35.9 Å². The number of nitrogens with one attached hydrogen (secondary N) is 1. The average molecular weight is 275 g/mol. The van der Waals surface area contributed by atoms with Gasteiger partial charge in [0.05, 0.1) is 6.04 Å². The van der Waals surface area contributed by atoms with Crippen LogP contribution in [0.1, 0.15) is 24.8 Å². The van der Waals surface area contributed by atoms with Gasteiger partial charge in [-0.15, -0.1) is 0 Å². The zero-order valence-electron chi connectivity index (χ0n) is 12.2. The number of benzene rings is 1. The third-order valence-corrected chi connectivity index (χ3v) is 4.07. The second-order valence-corrected chi connectivity index (χ2v) is 5.67. The molecule has 0 aromatic heterocycles. The fourth-order valence-corrected chi connectivity index (χ4v) is 2.71. The first-order valence-electron chi connectivity index (χ1n) is 7.44. The molecule has 110 valence electrons. The van der Waals surface area contributed by atoms with Crippen LogP contribution in [0.15, 0.2) is 30.3 Å². The van der Waals surface area contributed by atoms with Crippen molar-refractivity contribution in [2.75, 3.05) is 20.1 Å². The second-order valence-electron chi connectivity index (χ2n) is 5.67. The lowest BCUT2D eigenvalue weighted by molar-refractivity contribution is -0.122. The molecule has 0 aliphatic carbocycles. The van der Waals surface area contributed by atoms with Crippen molar-refractivity contribution in [2.24, 2.45) is 5.73 Å². The Morgan fingerprint density at radius 3 is 2.85 bits per heavy atom. The van der Waals surface area contributed by atoms with Crippen molar-refractivity contribution in [1.29, 1.82) is 0 Å². The summed E-state index contributed by atoms with van der Waals surface area (Å²) >= 11 is 0. The van der Waals surface area contributed by atoms with Gasteiger partial charge in [-0.05, 0) is 38.4 Å². The van der Waals surface area contributed by atoms with E-state index in [4.69, 9.17) is 5.73 Å². The summed E-state index contributed by atoms with van der Waals surface area (Å²) < 4.78 is 0. The van der Waals surface area contributed by atoms with Gasteiger partial charge in [-0.1, -0.05) is 36.8 Å². The zero-order chi connectivity index (χ0) is 14.4. The Morgan fingerprint density at radius 1 is 1.40 bits per heavy atom. The van der Waals surface area contributed by atoms with E-state index < -0.39 is 6.04 Å². The van der Waals surface area contributed by atoms with E-state index >= 15 is 0 Å². The van der Waals surface area contributed by atoms with Gasteiger partial charge in [0.25, 0.3) is 0 Å². The van der Waals surface area contributed by atoms with Crippen LogP contribution >= 0.6 is 0 Å². The highest BCUT2D eigenvalue weighted by atomic mass is 16.2. The first kappa shape index (κ1) is 15.0. The van der Waals surface area contributed by atoms with E-state index in [1.54, 1.807) is 0 Å². The van der Waals surface area contributed by atoms with E-state index in [1.807, 2.05) is 30.3 Å². The number of hydrogen-bond donors (Lipinski definition) is 2. The number of nitrogens with two attached hydrogens (primary N) is 1. The minimum atomic E-state index is -0.466. The first-order valence-corrected chi connectivity index (χ1v) is 7.44. The van der Waals surface area contributed by atoms with Gasteiger partial charge < -0.3 is 16.0 Å². The molecule has 1 aromatic carbocycles. The van der Waals surface area contributed by atoms with Gasteiger partial charge in [0.2, 0.25) is 5.91 Å². The lowest BCUT2D eigenvalue weighted by Gasteiger charge is -2.32. The maximum absolute atomic E-state index is 12.0. The molecular formula is C16H25N3O. The molecule has 1 aliphatic rings. The summed E-state index contributed by atoms with van der Waals surface area (Å²) in [6, 6.07) is 9.90.